The van der Waals surface area contributed by atoms with E-state index in [1.54, 1.807) is 0 Å². The van der Waals surface area contributed by atoms with Gasteiger partial charge in [0.15, 0.2) is 5.69 Å². The van der Waals surface area contributed by atoms with Crippen molar-refractivity contribution in [1.29, 1.82) is 0 Å². The number of rotatable bonds is 8. The fraction of sp³-hybridized carbons (Fsp3) is 0.533. The Bertz CT molecular complexity index is 887. The number of alkyl halides is 3. The molecule has 2 N–H and O–H groups in total. The van der Waals surface area contributed by atoms with Crippen LogP contribution in [0.1, 0.15) is 47.1 Å². The third kappa shape index (κ3) is 4.07. The fourth-order valence-corrected chi connectivity index (χ4v) is 2.77. The Kier molecular flexibility index (Phi) is 5.25. The Morgan fingerprint density at radius 1 is 1.50 bits per heavy atom. The lowest BCUT2D eigenvalue weighted by molar-refractivity contribution is -0.386. The largest absolute Gasteiger partial charge is 0.475 e. The third-order valence-electron chi connectivity index (χ3n) is 4.24. The predicted octanol–water partition coefficient (Wildman–Crippen LogP) is 2.24. The van der Waals surface area contributed by atoms with Gasteiger partial charge in [0.1, 0.15) is 0 Å². The molecule has 2 aromatic heterocycles. The van der Waals surface area contributed by atoms with E-state index in [0.29, 0.717) is 12.1 Å². The summed E-state index contributed by atoms with van der Waals surface area (Å²) in [5.74, 6) is -1.000. The zero-order chi connectivity index (χ0) is 20.5. The van der Waals surface area contributed by atoms with Gasteiger partial charge in [-0.15, -0.1) is 5.10 Å². The molecule has 0 aliphatic heterocycles. The van der Waals surface area contributed by atoms with Gasteiger partial charge in [0.2, 0.25) is 5.69 Å². The van der Waals surface area contributed by atoms with Crippen LogP contribution < -0.4 is 10.1 Å². The van der Waals surface area contributed by atoms with Gasteiger partial charge in [-0.1, -0.05) is 0 Å². The van der Waals surface area contributed by atoms with Crippen LogP contribution in [-0.4, -0.2) is 44.5 Å². The van der Waals surface area contributed by atoms with Crippen molar-refractivity contribution in [3.8, 4) is 5.88 Å². The van der Waals surface area contributed by atoms with Gasteiger partial charge in [-0.25, -0.2) is 0 Å². The highest BCUT2D eigenvalue weighted by atomic mass is 19.4. The highest BCUT2D eigenvalue weighted by Crippen LogP contribution is 2.42. The van der Waals surface area contributed by atoms with Gasteiger partial charge in [0, 0.05) is 24.7 Å². The van der Waals surface area contributed by atoms with Gasteiger partial charge in [-0.2, -0.15) is 18.3 Å². The molecule has 10 nitrogen and oxygen atoms in total. The van der Waals surface area contributed by atoms with E-state index in [4.69, 9.17) is 4.74 Å². The molecule has 0 saturated heterocycles. The zero-order valence-corrected chi connectivity index (χ0v) is 14.7. The summed E-state index contributed by atoms with van der Waals surface area (Å²) in [6.07, 6.45) is -2.57. The lowest BCUT2D eigenvalue weighted by atomic mass is 10.2. The number of amides is 1. The molecule has 0 aromatic carbocycles. The summed E-state index contributed by atoms with van der Waals surface area (Å²) in [5.41, 5.74) is -1.34. The molecule has 1 fully saturated rings. The summed E-state index contributed by atoms with van der Waals surface area (Å²) in [6.45, 7) is 0.263. The number of hydrogen-bond acceptors (Lipinski definition) is 6. The average Bonchev–Trinajstić information content (AvgIpc) is 3.21. The van der Waals surface area contributed by atoms with Crippen LogP contribution in [0.15, 0.2) is 6.07 Å². The van der Waals surface area contributed by atoms with Gasteiger partial charge in [0.05, 0.1) is 12.0 Å². The predicted molar refractivity (Wildman–Crippen MR) is 87.9 cm³/mol. The number of hydrogen-bond donors (Lipinski definition) is 2. The normalized spacial score (nSPS) is 14.1. The number of aromatic amines is 1. The minimum atomic E-state index is -4.51. The number of nitro groups is 1. The number of carbonyl (C=O) groups excluding carboxylic acids is 1. The molecule has 2 heterocycles. The summed E-state index contributed by atoms with van der Waals surface area (Å²) in [7, 11) is 1.18. The van der Waals surface area contributed by atoms with Gasteiger partial charge in [-0.05, 0) is 25.3 Å². The molecule has 1 saturated carbocycles. The van der Waals surface area contributed by atoms with Crippen LogP contribution in [0.4, 0.5) is 18.9 Å². The first-order chi connectivity index (χ1) is 13.2. The number of aryl methyl sites for hydroxylation is 1. The Morgan fingerprint density at radius 2 is 2.21 bits per heavy atom. The smallest absolute Gasteiger partial charge is 0.435 e. The van der Waals surface area contributed by atoms with E-state index in [1.165, 1.54) is 11.8 Å². The summed E-state index contributed by atoms with van der Waals surface area (Å²) < 4.78 is 44.7. The van der Waals surface area contributed by atoms with Crippen LogP contribution in [0.2, 0.25) is 0 Å². The fourth-order valence-electron chi connectivity index (χ4n) is 2.77. The van der Waals surface area contributed by atoms with Crippen molar-refractivity contribution >= 4 is 11.6 Å². The standard InChI is InChI=1S/C15H17F3N6O4/c1-28-14-12(24(26)27)11(20-21-14)13(25)19-5-2-6-23-9(8-3-4-8)7-10(22-23)15(16,17)18/h7-8H,2-6H2,1H3,(H,19,25)(H,20,21). The summed E-state index contributed by atoms with van der Waals surface area (Å²) in [6, 6.07) is 1.07. The molecule has 1 amide bonds. The van der Waals surface area contributed by atoms with Crippen LogP contribution in [0.25, 0.3) is 0 Å². The van der Waals surface area contributed by atoms with Crippen molar-refractivity contribution in [3.05, 3.63) is 33.3 Å². The maximum Gasteiger partial charge on any atom is 0.435 e. The van der Waals surface area contributed by atoms with E-state index in [1.807, 2.05) is 0 Å². The first-order valence-electron chi connectivity index (χ1n) is 8.42. The van der Waals surface area contributed by atoms with Crippen molar-refractivity contribution in [3.63, 3.8) is 0 Å². The van der Waals surface area contributed by atoms with Crippen LogP contribution in [0, 0.1) is 10.1 Å². The monoisotopic (exact) mass is 402 g/mol. The summed E-state index contributed by atoms with van der Waals surface area (Å²) >= 11 is 0. The molecule has 2 aromatic rings. The molecule has 28 heavy (non-hydrogen) atoms. The number of H-pyrrole nitrogens is 1. The average molecular weight is 402 g/mol. The second-order valence-corrected chi connectivity index (χ2v) is 6.27. The van der Waals surface area contributed by atoms with Crippen molar-refractivity contribution in [2.45, 2.75) is 37.9 Å². The van der Waals surface area contributed by atoms with E-state index < -0.39 is 28.4 Å². The first-order valence-corrected chi connectivity index (χ1v) is 8.42. The number of ether oxygens (including phenoxy) is 1. The van der Waals surface area contributed by atoms with Crippen molar-refractivity contribution in [2.75, 3.05) is 13.7 Å². The number of methoxy groups -OCH3 is 1. The number of aromatic nitrogens is 4. The molecule has 0 radical (unpaired) electrons. The second kappa shape index (κ2) is 7.48. The number of halogens is 3. The van der Waals surface area contributed by atoms with E-state index in [0.717, 1.165) is 18.9 Å². The maximum atomic E-state index is 12.9. The molecule has 13 heteroatoms. The molecular weight excluding hydrogens is 385 g/mol. The first kappa shape index (κ1) is 19.6. The van der Waals surface area contributed by atoms with Gasteiger partial charge < -0.3 is 10.1 Å². The van der Waals surface area contributed by atoms with Crippen LogP contribution in [0.3, 0.4) is 0 Å². The molecule has 1 aliphatic carbocycles. The van der Waals surface area contributed by atoms with Gasteiger partial charge in [-0.3, -0.25) is 24.7 Å². The lowest BCUT2D eigenvalue weighted by Gasteiger charge is -2.07. The highest BCUT2D eigenvalue weighted by molar-refractivity contribution is 5.97. The molecule has 3 rings (SSSR count). The highest BCUT2D eigenvalue weighted by Gasteiger charge is 2.37. The topological polar surface area (TPSA) is 128 Å². The Morgan fingerprint density at radius 3 is 2.79 bits per heavy atom. The molecule has 0 spiro atoms. The minimum Gasteiger partial charge on any atom is -0.475 e. The van der Waals surface area contributed by atoms with Crippen LogP contribution >= 0.6 is 0 Å². The van der Waals surface area contributed by atoms with Gasteiger partial charge >= 0.3 is 17.7 Å². The SMILES string of the molecule is COc1n[nH]c(C(=O)NCCCn2nc(C(F)(F)F)cc2C2CC2)c1[N+](=O)[O-]. The third-order valence-corrected chi connectivity index (χ3v) is 4.24. The zero-order valence-electron chi connectivity index (χ0n) is 14.7. The summed E-state index contributed by atoms with van der Waals surface area (Å²) in [5, 5.41) is 22.9. The molecule has 0 atom stereocenters. The minimum absolute atomic E-state index is 0.0818. The molecular formula is C15H17F3N6O4. The Labute approximate surface area is 156 Å². The second-order valence-electron chi connectivity index (χ2n) is 6.27. The molecule has 0 bridgehead atoms. The Balaban J connectivity index is 1.59. The maximum absolute atomic E-state index is 12.9. The lowest BCUT2D eigenvalue weighted by Crippen LogP contribution is -2.26. The van der Waals surface area contributed by atoms with E-state index >= 15 is 0 Å². The van der Waals surface area contributed by atoms with Crippen molar-refractivity contribution < 1.29 is 27.6 Å². The summed E-state index contributed by atoms with van der Waals surface area (Å²) in [4.78, 5) is 22.4. The van der Waals surface area contributed by atoms with E-state index in [2.05, 4.69) is 20.6 Å². The van der Waals surface area contributed by atoms with E-state index in [-0.39, 0.29) is 30.6 Å². The van der Waals surface area contributed by atoms with Gasteiger partial charge in [0.25, 0.3) is 5.91 Å². The quantitative estimate of drug-likeness (QED) is 0.396. The van der Waals surface area contributed by atoms with Crippen LogP contribution in [-0.2, 0) is 12.7 Å². The number of nitrogens with one attached hydrogen (secondary N) is 2. The van der Waals surface area contributed by atoms with Crippen molar-refractivity contribution in [2.24, 2.45) is 0 Å². The number of carbonyl (C=O) groups is 1. The van der Waals surface area contributed by atoms with Crippen LogP contribution in [0.5, 0.6) is 5.88 Å². The van der Waals surface area contributed by atoms with Crippen molar-refractivity contribution in [1.82, 2.24) is 25.3 Å². The molecule has 0 unspecified atom stereocenters. The number of nitrogens with zero attached hydrogens (tertiary/aromatic N) is 4. The molecule has 152 valence electrons. The van der Waals surface area contributed by atoms with E-state index in [9.17, 15) is 28.1 Å². The molecule has 1 aliphatic rings. The Hall–Kier alpha value is -3.12.